The molecule has 2 aliphatic rings. The molecule has 2 rings (SSSR count). The fraction of sp³-hybridized carbons (Fsp3) is 1.00. The van der Waals surface area contributed by atoms with E-state index < -0.39 is 10.8 Å². The van der Waals surface area contributed by atoms with E-state index >= 15 is 0 Å². The summed E-state index contributed by atoms with van der Waals surface area (Å²) in [5.41, 5.74) is 0. The van der Waals surface area contributed by atoms with Crippen molar-refractivity contribution in [1.29, 1.82) is 0 Å². The van der Waals surface area contributed by atoms with E-state index in [1.165, 1.54) is 32.1 Å². The minimum atomic E-state index is -0.525. The van der Waals surface area contributed by atoms with Gasteiger partial charge in [0.2, 0.25) is 0 Å². The molecule has 18 heavy (non-hydrogen) atoms. The van der Waals surface area contributed by atoms with Crippen LogP contribution in [0.3, 0.4) is 0 Å². The van der Waals surface area contributed by atoms with Gasteiger partial charge < -0.3 is 10.1 Å². The lowest BCUT2D eigenvalue weighted by molar-refractivity contribution is 0.0631. The molecule has 0 aromatic heterocycles. The number of ether oxygens (including phenoxy) is 1. The Hall–Kier alpha value is 0.0700. The van der Waals surface area contributed by atoms with Crippen LogP contribution in [0.4, 0.5) is 0 Å². The van der Waals surface area contributed by atoms with Gasteiger partial charge in [0.25, 0.3) is 0 Å². The van der Waals surface area contributed by atoms with E-state index in [2.05, 4.69) is 5.32 Å². The molecule has 0 spiro atoms. The molecule has 0 aliphatic carbocycles. The molecule has 2 heterocycles. The summed E-state index contributed by atoms with van der Waals surface area (Å²) in [7, 11) is -0.525. The highest BCUT2D eigenvalue weighted by atomic mass is 32.2. The first kappa shape index (κ1) is 14.5. The molecule has 0 unspecified atom stereocenters. The van der Waals surface area contributed by atoms with Crippen molar-refractivity contribution in [2.45, 2.75) is 51.0 Å². The van der Waals surface area contributed by atoms with Crippen LogP contribution in [0.1, 0.15) is 44.9 Å². The van der Waals surface area contributed by atoms with Gasteiger partial charge in [-0.05, 0) is 44.6 Å². The Labute approximate surface area is 114 Å². The highest BCUT2D eigenvalue weighted by Crippen LogP contribution is 2.20. The van der Waals surface area contributed by atoms with Gasteiger partial charge in [-0.1, -0.05) is 12.8 Å². The first-order valence-electron chi connectivity index (χ1n) is 7.50. The van der Waals surface area contributed by atoms with Crippen molar-refractivity contribution in [2.24, 2.45) is 5.92 Å². The smallest absolute Gasteiger partial charge is 0.0468 e. The van der Waals surface area contributed by atoms with Crippen molar-refractivity contribution in [1.82, 2.24) is 5.32 Å². The molecule has 4 heteroatoms. The standard InChI is InChI=1S/C14H27NO2S/c16-18-11-6-14(7-12-18)15-8-2-1-3-13-4-9-17-10-5-13/h13-15H,1-12H2. The van der Waals surface area contributed by atoms with Gasteiger partial charge in [-0.15, -0.1) is 0 Å². The van der Waals surface area contributed by atoms with E-state index in [1.807, 2.05) is 0 Å². The number of rotatable bonds is 6. The molecule has 106 valence electrons. The normalized spacial score (nSPS) is 30.4. The molecule has 0 aromatic rings. The van der Waals surface area contributed by atoms with Crippen LogP contribution in [0.25, 0.3) is 0 Å². The maximum absolute atomic E-state index is 11.2. The summed E-state index contributed by atoms with van der Waals surface area (Å²) in [5.74, 6) is 2.72. The summed E-state index contributed by atoms with van der Waals surface area (Å²) in [4.78, 5) is 0. The fourth-order valence-corrected chi connectivity index (χ4v) is 4.20. The molecular weight excluding hydrogens is 246 g/mol. The largest absolute Gasteiger partial charge is 0.381 e. The van der Waals surface area contributed by atoms with Crippen molar-refractivity contribution in [3.63, 3.8) is 0 Å². The molecule has 2 saturated heterocycles. The van der Waals surface area contributed by atoms with E-state index in [0.717, 1.165) is 50.0 Å². The van der Waals surface area contributed by atoms with Crippen LogP contribution in [-0.2, 0) is 15.5 Å². The Morgan fingerprint density at radius 3 is 2.50 bits per heavy atom. The van der Waals surface area contributed by atoms with Crippen LogP contribution in [0.15, 0.2) is 0 Å². The van der Waals surface area contributed by atoms with Gasteiger partial charge in [0, 0.05) is 41.6 Å². The predicted molar refractivity (Wildman–Crippen MR) is 76.3 cm³/mol. The second-order valence-corrected chi connectivity index (χ2v) is 7.32. The molecule has 0 bridgehead atoms. The molecule has 1 N–H and O–H groups in total. The SMILES string of the molecule is O=S1CCC(NCCCCC2CCOCC2)CC1. The third kappa shape index (κ3) is 5.37. The quantitative estimate of drug-likeness (QED) is 0.753. The molecule has 0 aromatic carbocycles. The molecular formula is C14H27NO2S. The van der Waals surface area contributed by atoms with Crippen LogP contribution < -0.4 is 5.32 Å². The third-order valence-electron chi connectivity index (χ3n) is 4.20. The van der Waals surface area contributed by atoms with Crippen molar-refractivity contribution in [3.8, 4) is 0 Å². The van der Waals surface area contributed by atoms with Crippen LogP contribution in [0.5, 0.6) is 0 Å². The van der Waals surface area contributed by atoms with E-state index in [0.29, 0.717) is 6.04 Å². The van der Waals surface area contributed by atoms with E-state index in [9.17, 15) is 4.21 Å². The summed E-state index contributed by atoms with van der Waals surface area (Å²) in [6.07, 6.45) is 8.75. The number of unbranched alkanes of at least 4 members (excludes halogenated alkanes) is 1. The van der Waals surface area contributed by atoms with Crippen LogP contribution in [-0.4, -0.2) is 41.5 Å². The van der Waals surface area contributed by atoms with Gasteiger partial charge in [-0.2, -0.15) is 0 Å². The summed E-state index contributed by atoms with van der Waals surface area (Å²) in [5, 5.41) is 3.62. The second-order valence-electron chi connectivity index (χ2n) is 5.63. The molecule has 2 fully saturated rings. The zero-order valence-electron chi connectivity index (χ0n) is 11.4. The van der Waals surface area contributed by atoms with Crippen LogP contribution >= 0.6 is 0 Å². The van der Waals surface area contributed by atoms with Gasteiger partial charge in [-0.25, -0.2) is 0 Å². The third-order valence-corrected chi connectivity index (χ3v) is 5.58. The Balaban J connectivity index is 1.44. The Bertz CT molecular complexity index is 244. The topological polar surface area (TPSA) is 38.3 Å². The van der Waals surface area contributed by atoms with Crippen LogP contribution in [0.2, 0.25) is 0 Å². The molecule has 0 radical (unpaired) electrons. The number of hydrogen-bond donors (Lipinski definition) is 1. The van der Waals surface area contributed by atoms with Gasteiger partial charge >= 0.3 is 0 Å². The predicted octanol–water partition coefficient (Wildman–Crippen LogP) is 2.08. The molecule has 0 atom stereocenters. The van der Waals surface area contributed by atoms with Crippen molar-refractivity contribution in [2.75, 3.05) is 31.3 Å². The lowest BCUT2D eigenvalue weighted by atomic mass is 9.94. The second kappa shape index (κ2) is 8.28. The van der Waals surface area contributed by atoms with Crippen LogP contribution in [0, 0.1) is 5.92 Å². The minimum absolute atomic E-state index is 0.525. The number of hydrogen-bond acceptors (Lipinski definition) is 3. The number of nitrogens with one attached hydrogen (secondary N) is 1. The van der Waals surface area contributed by atoms with Crippen molar-refractivity contribution < 1.29 is 8.95 Å². The van der Waals surface area contributed by atoms with Crippen molar-refractivity contribution in [3.05, 3.63) is 0 Å². The summed E-state index contributed by atoms with van der Waals surface area (Å²) < 4.78 is 16.6. The maximum atomic E-state index is 11.2. The van der Waals surface area contributed by atoms with Gasteiger partial charge in [0.1, 0.15) is 0 Å². The van der Waals surface area contributed by atoms with E-state index in [-0.39, 0.29) is 0 Å². The fourth-order valence-electron chi connectivity index (χ4n) is 2.90. The molecule has 0 saturated carbocycles. The lowest BCUT2D eigenvalue weighted by Crippen LogP contribution is -2.36. The molecule has 2 aliphatic heterocycles. The van der Waals surface area contributed by atoms with E-state index in [4.69, 9.17) is 4.74 Å². The van der Waals surface area contributed by atoms with Gasteiger partial charge in [0.05, 0.1) is 0 Å². The molecule has 0 amide bonds. The summed E-state index contributed by atoms with van der Waals surface area (Å²) >= 11 is 0. The van der Waals surface area contributed by atoms with Gasteiger partial charge in [0.15, 0.2) is 0 Å². The zero-order valence-corrected chi connectivity index (χ0v) is 12.2. The lowest BCUT2D eigenvalue weighted by Gasteiger charge is -2.23. The Morgan fingerprint density at radius 1 is 1.06 bits per heavy atom. The summed E-state index contributed by atoms with van der Waals surface area (Å²) in [6.45, 7) is 3.09. The Kier molecular flexibility index (Phi) is 6.66. The first-order valence-corrected chi connectivity index (χ1v) is 8.99. The van der Waals surface area contributed by atoms with Crippen molar-refractivity contribution >= 4 is 10.8 Å². The Morgan fingerprint density at radius 2 is 1.78 bits per heavy atom. The van der Waals surface area contributed by atoms with E-state index in [1.54, 1.807) is 0 Å². The zero-order chi connectivity index (χ0) is 12.6. The summed E-state index contributed by atoms with van der Waals surface area (Å²) in [6, 6.07) is 0.630. The maximum Gasteiger partial charge on any atom is 0.0468 e. The first-order chi connectivity index (χ1) is 8.84. The highest BCUT2D eigenvalue weighted by Gasteiger charge is 2.17. The average Bonchev–Trinajstić information content (AvgIpc) is 2.42. The highest BCUT2D eigenvalue weighted by molar-refractivity contribution is 7.85. The van der Waals surface area contributed by atoms with Gasteiger partial charge in [-0.3, -0.25) is 4.21 Å². The molecule has 3 nitrogen and oxygen atoms in total. The minimum Gasteiger partial charge on any atom is -0.381 e. The monoisotopic (exact) mass is 273 g/mol. The average molecular weight is 273 g/mol.